The van der Waals surface area contributed by atoms with Gasteiger partial charge < -0.3 is 9.73 Å². The van der Waals surface area contributed by atoms with Crippen molar-refractivity contribution in [2.45, 2.75) is 12.7 Å². The van der Waals surface area contributed by atoms with E-state index in [1.54, 1.807) is 12.5 Å². The Morgan fingerprint density at radius 1 is 1.15 bits per heavy atom. The number of nitrogens with zero attached hydrogens (tertiary/aromatic N) is 4. The van der Waals surface area contributed by atoms with Crippen molar-refractivity contribution in [1.29, 1.82) is 0 Å². The molecular formula is C21H13ClF3N5O2S. The molecule has 2 aromatic heterocycles. The van der Waals surface area contributed by atoms with E-state index < -0.39 is 12.5 Å². The van der Waals surface area contributed by atoms with E-state index in [2.05, 4.69) is 25.5 Å². The topological polar surface area (TPSA) is 93.3 Å². The number of anilines is 2. The summed E-state index contributed by atoms with van der Waals surface area (Å²) in [6.07, 6.45) is -0.713. The Hall–Kier alpha value is -3.57. The van der Waals surface area contributed by atoms with Gasteiger partial charge in [-0.15, -0.1) is 10.2 Å². The fraction of sp³-hybridized carbons (Fsp3) is 0.0952. The van der Waals surface area contributed by atoms with Crippen LogP contribution in [0.1, 0.15) is 11.1 Å². The predicted molar refractivity (Wildman–Crippen MR) is 119 cm³/mol. The van der Waals surface area contributed by atoms with Crippen molar-refractivity contribution in [2.24, 2.45) is 4.99 Å². The lowest BCUT2D eigenvalue weighted by Gasteiger charge is -2.08. The Balaban J connectivity index is 0.000000385. The summed E-state index contributed by atoms with van der Waals surface area (Å²) in [6, 6.07) is 11.8. The maximum Gasteiger partial charge on any atom is 0.446 e. The van der Waals surface area contributed by atoms with Crippen molar-refractivity contribution < 1.29 is 22.4 Å². The van der Waals surface area contributed by atoms with Gasteiger partial charge in [-0.2, -0.15) is 13.2 Å². The fourth-order valence-electron chi connectivity index (χ4n) is 2.90. The SMILES string of the molecule is Clc1c(Nc2nnc(-c3cccc(-c4ncco4)c3)s2)ccc2c1C=NC2.O=CC(F)(F)F. The summed E-state index contributed by atoms with van der Waals surface area (Å²) in [5.41, 5.74) is 4.73. The van der Waals surface area contributed by atoms with Gasteiger partial charge in [-0.3, -0.25) is 9.79 Å². The van der Waals surface area contributed by atoms with Crippen LogP contribution in [0, 0.1) is 0 Å². The van der Waals surface area contributed by atoms with Crippen molar-refractivity contribution in [1.82, 2.24) is 15.2 Å². The second kappa shape index (κ2) is 9.51. The lowest BCUT2D eigenvalue weighted by atomic mass is 10.1. The molecule has 168 valence electrons. The molecule has 0 atom stereocenters. The first-order valence-corrected chi connectivity index (χ1v) is 10.5. The average molecular weight is 492 g/mol. The molecule has 0 saturated carbocycles. The molecule has 33 heavy (non-hydrogen) atoms. The highest BCUT2D eigenvalue weighted by atomic mass is 35.5. The minimum absolute atomic E-state index is 0.575. The van der Waals surface area contributed by atoms with Crippen molar-refractivity contribution in [2.75, 3.05) is 5.32 Å². The lowest BCUT2D eigenvalue weighted by molar-refractivity contribution is -0.156. The number of fused-ring (bicyclic) bond motifs is 1. The summed E-state index contributed by atoms with van der Waals surface area (Å²) in [5.74, 6) is 0.575. The Morgan fingerprint density at radius 3 is 2.67 bits per heavy atom. The quantitative estimate of drug-likeness (QED) is 0.355. The summed E-state index contributed by atoms with van der Waals surface area (Å²) in [7, 11) is 0. The maximum absolute atomic E-state index is 10.4. The van der Waals surface area contributed by atoms with Crippen LogP contribution in [0.25, 0.3) is 22.0 Å². The second-order valence-corrected chi connectivity index (χ2v) is 7.94. The summed E-state index contributed by atoms with van der Waals surface area (Å²) in [6.45, 7) is 0.680. The standard InChI is InChI=1S/C19H12ClN5OS.C2HF3O/c20-16-14-10-21-9-13(14)4-5-15(16)23-19-25-24-18(27-19)12-3-1-2-11(8-12)17-22-6-7-26-17;3-2(4,5)1-6/h1-8,10H,9H2,(H,23,25);1H. The highest BCUT2D eigenvalue weighted by molar-refractivity contribution is 7.18. The van der Waals surface area contributed by atoms with Crippen LogP contribution < -0.4 is 5.32 Å². The number of aldehydes is 1. The van der Waals surface area contributed by atoms with Crippen LogP contribution in [0.2, 0.25) is 5.02 Å². The molecule has 0 radical (unpaired) electrons. The highest BCUT2D eigenvalue weighted by Gasteiger charge is 2.25. The summed E-state index contributed by atoms with van der Waals surface area (Å²) < 4.78 is 36.6. The van der Waals surface area contributed by atoms with Gasteiger partial charge >= 0.3 is 6.18 Å². The van der Waals surface area contributed by atoms with Gasteiger partial charge in [0.1, 0.15) is 11.3 Å². The molecule has 4 aromatic rings. The first kappa shape index (κ1) is 22.6. The molecular weight excluding hydrogens is 479 g/mol. The number of aromatic nitrogens is 3. The molecule has 3 heterocycles. The number of oxazole rings is 1. The highest BCUT2D eigenvalue weighted by Crippen LogP contribution is 2.35. The number of benzene rings is 2. The maximum atomic E-state index is 10.4. The number of nitrogens with one attached hydrogen (secondary N) is 1. The van der Waals surface area contributed by atoms with Crippen molar-refractivity contribution in [3.63, 3.8) is 0 Å². The minimum Gasteiger partial charge on any atom is -0.445 e. The largest absolute Gasteiger partial charge is 0.446 e. The van der Waals surface area contributed by atoms with E-state index >= 15 is 0 Å². The van der Waals surface area contributed by atoms with Gasteiger partial charge in [0.25, 0.3) is 0 Å². The van der Waals surface area contributed by atoms with E-state index in [1.807, 2.05) is 42.6 Å². The molecule has 0 saturated heterocycles. The van der Waals surface area contributed by atoms with Gasteiger partial charge in [0.2, 0.25) is 17.3 Å². The first-order valence-electron chi connectivity index (χ1n) is 9.29. The van der Waals surface area contributed by atoms with Gasteiger partial charge in [0, 0.05) is 22.9 Å². The van der Waals surface area contributed by atoms with E-state index in [4.69, 9.17) is 20.8 Å². The van der Waals surface area contributed by atoms with E-state index in [-0.39, 0.29) is 0 Å². The fourth-order valence-corrected chi connectivity index (χ4v) is 3.93. The van der Waals surface area contributed by atoms with Crippen LogP contribution in [0.15, 0.2) is 58.3 Å². The second-order valence-electron chi connectivity index (χ2n) is 6.58. The lowest BCUT2D eigenvalue weighted by Crippen LogP contribution is -2.07. The minimum atomic E-state index is -4.64. The molecule has 0 amide bonds. The van der Waals surface area contributed by atoms with E-state index in [0.29, 0.717) is 22.6 Å². The Labute approximate surface area is 194 Å². The molecule has 0 aliphatic carbocycles. The zero-order chi connectivity index (χ0) is 23.4. The summed E-state index contributed by atoms with van der Waals surface area (Å²) in [5, 5.41) is 13.9. The van der Waals surface area contributed by atoms with Gasteiger partial charge in [0.15, 0.2) is 0 Å². The smallest absolute Gasteiger partial charge is 0.445 e. The number of carbonyl (C=O) groups excluding carboxylic acids is 1. The molecule has 0 spiro atoms. The van der Waals surface area contributed by atoms with E-state index in [9.17, 15) is 13.2 Å². The number of hydrogen-bond donors (Lipinski definition) is 1. The average Bonchev–Trinajstić information content (AvgIpc) is 3.58. The van der Waals surface area contributed by atoms with Gasteiger partial charge in [0.05, 0.1) is 23.5 Å². The number of alkyl halides is 3. The van der Waals surface area contributed by atoms with Crippen molar-refractivity contribution >= 4 is 46.3 Å². The number of hydrogen-bond acceptors (Lipinski definition) is 8. The molecule has 0 fully saturated rings. The van der Waals surface area contributed by atoms with Gasteiger partial charge in [-0.1, -0.05) is 41.1 Å². The number of aliphatic imine (C=N–C) groups is 1. The van der Waals surface area contributed by atoms with Crippen molar-refractivity contribution in [3.05, 3.63) is 65.0 Å². The Bertz CT molecular complexity index is 1310. The molecule has 0 unspecified atom stereocenters. The predicted octanol–water partition coefficient (Wildman–Crippen LogP) is 5.94. The van der Waals surface area contributed by atoms with E-state index in [0.717, 1.165) is 32.9 Å². The molecule has 1 aliphatic heterocycles. The van der Waals surface area contributed by atoms with Crippen molar-refractivity contribution in [3.8, 4) is 22.0 Å². The number of halogens is 4. The Morgan fingerprint density at radius 2 is 1.94 bits per heavy atom. The van der Waals surface area contributed by atoms with Crippen LogP contribution in [0.5, 0.6) is 0 Å². The third kappa shape index (κ3) is 5.44. The monoisotopic (exact) mass is 491 g/mol. The molecule has 7 nitrogen and oxygen atoms in total. The molecule has 2 aromatic carbocycles. The van der Waals surface area contributed by atoms with Crippen LogP contribution >= 0.6 is 22.9 Å². The summed E-state index contributed by atoms with van der Waals surface area (Å²) in [4.78, 5) is 17.1. The number of rotatable bonds is 4. The zero-order valence-electron chi connectivity index (χ0n) is 16.5. The third-order valence-electron chi connectivity index (χ3n) is 4.34. The van der Waals surface area contributed by atoms with Gasteiger partial charge in [-0.25, -0.2) is 4.98 Å². The van der Waals surface area contributed by atoms with Crippen LogP contribution in [0.3, 0.4) is 0 Å². The third-order valence-corrected chi connectivity index (χ3v) is 5.64. The van der Waals surface area contributed by atoms with E-state index in [1.165, 1.54) is 11.3 Å². The van der Waals surface area contributed by atoms with Gasteiger partial charge in [-0.05, 0) is 23.8 Å². The molecule has 0 bridgehead atoms. The molecule has 12 heteroatoms. The van der Waals surface area contributed by atoms with Crippen LogP contribution in [0.4, 0.5) is 24.0 Å². The molecule has 1 aliphatic rings. The summed E-state index contributed by atoms with van der Waals surface area (Å²) >= 11 is 7.94. The Kier molecular flexibility index (Phi) is 6.52. The molecule has 1 N–H and O–H groups in total. The van der Waals surface area contributed by atoms with Crippen LogP contribution in [-0.2, 0) is 11.3 Å². The normalized spacial score (nSPS) is 12.1. The molecule has 5 rings (SSSR count). The first-order chi connectivity index (χ1) is 15.8. The zero-order valence-corrected chi connectivity index (χ0v) is 18.1. The number of carbonyl (C=O) groups is 1. The van der Waals surface area contributed by atoms with Crippen LogP contribution in [-0.4, -0.2) is 33.9 Å².